The SMILES string of the molecule is Cn1c([C@H]2C[C@H](CNc3ccncc3C(F)(F)F)[C@H](O)C2)n[nH]c1=O. The minimum atomic E-state index is -4.50. The Bertz CT molecular complexity index is 801. The van der Waals surface area contributed by atoms with Gasteiger partial charge in [-0.2, -0.15) is 18.3 Å². The van der Waals surface area contributed by atoms with Crippen LogP contribution in [-0.2, 0) is 13.2 Å². The number of aromatic nitrogens is 4. The van der Waals surface area contributed by atoms with Crippen molar-refractivity contribution in [3.05, 3.63) is 40.3 Å². The lowest BCUT2D eigenvalue weighted by atomic mass is 10.0. The first kappa shape index (κ1) is 17.5. The predicted octanol–water partition coefficient (Wildman–Crippen LogP) is 1.49. The molecule has 0 aliphatic heterocycles. The highest BCUT2D eigenvalue weighted by molar-refractivity contribution is 5.51. The maximum atomic E-state index is 13.0. The molecule has 25 heavy (non-hydrogen) atoms. The number of aromatic amines is 1. The Morgan fingerprint density at radius 2 is 2.20 bits per heavy atom. The zero-order chi connectivity index (χ0) is 18.2. The van der Waals surface area contributed by atoms with Gasteiger partial charge in [0.15, 0.2) is 0 Å². The average molecular weight is 357 g/mol. The standard InChI is InChI=1S/C15H18F3N5O2/c1-23-13(21-22-14(23)25)8-4-9(12(24)5-8)6-20-11-2-3-19-7-10(11)15(16,17)18/h2-3,7-9,12,24H,4-6H2,1H3,(H,19,20)(H,22,25)/t8-,9+,12+/m0/s1. The molecule has 1 fully saturated rings. The van der Waals surface area contributed by atoms with Crippen molar-refractivity contribution in [2.75, 3.05) is 11.9 Å². The van der Waals surface area contributed by atoms with E-state index in [4.69, 9.17) is 0 Å². The third-order valence-electron chi connectivity index (χ3n) is 4.62. The van der Waals surface area contributed by atoms with Gasteiger partial charge in [0.1, 0.15) is 5.82 Å². The minimum absolute atomic E-state index is 0.0645. The summed E-state index contributed by atoms with van der Waals surface area (Å²) in [6.07, 6.45) is -2.19. The highest BCUT2D eigenvalue weighted by Crippen LogP contribution is 2.38. The molecule has 1 saturated carbocycles. The quantitative estimate of drug-likeness (QED) is 0.771. The molecule has 2 aromatic heterocycles. The number of pyridine rings is 1. The molecule has 0 aromatic carbocycles. The number of hydrogen-bond acceptors (Lipinski definition) is 5. The van der Waals surface area contributed by atoms with E-state index >= 15 is 0 Å². The summed E-state index contributed by atoms with van der Waals surface area (Å²) in [6, 6.07) is 1.26. The first-order valence-corrected chi connectivity index (χ1v) is 7.81. The van der Waals surface area contributed by atoms with Gasteiger partial charge in [-0.05, 0) is 18.9 Å². The maximum Gasteiger partial charge on any atom is 0.419 e. The molecule has 7 nitrogen and oxygen atoms in total. The van der Waals surface area contributed by atoms with Gasteiger partial charge in [-0.3, -0.25) is 9.55 Å². The lowest BCUT2D eigenvalue weighted by Gasteiger charge is -2.18. The van der Waals surface area contributed by atoms with E-state index in [9.17, 15) is 23.1 Å². The molecule has 3 atom stereocenters. The first-order chi connectivity index (χ1) is 11.8. The Morgan fingerprint density at radius 1 is 1.44 bits per heavy atom. The molecule has 2 heterocycles. The van der Waals surface area contributed by atoms with Crippen LogP contribution < -0.4 is 11.0 Å². The van der Waals surface area contributed by atoms with E-state index in [0.717, 1.165) is 6.20 Å². The summed E-state index contributed by atoms with van der Waals surface area (Å²) in [5, 5.41) is 19.3. The van der Waals surface area contributed by atoms with E-state index in [1.807, 2.05) is 0 Å². The summed E-state index contributed by atoms with van der Waals surface area (Å²) in [7, 11) is 1.59. The van der Waals surface area contributed by atoms with Crippen molar-refractivity contribution >= 4 is 5.69 Å². The molecule has 2 aromatic rings. The van der Waals surface area contributed by atoms with Crippen LogP contribution in [-0.4, -0.2) is 37.5 Å². The van der Waals surface area contributed by atoms with Crippen molar-refractivity contribution in [2.24, 2.45) is 13.0 Å². The van der Waals surface area contributed by atoms with Crippen molar-refractivity contribution < 1.29 is 18.3 Å². The van der Waals surface area contributed by atoms with Crippen LogP contribution in [0.15, 0.2) is 23.3 Å². The topological polar surface area (TPSA) is 95.8 Å². The largest absolute Gasteiger partial charge is 0.419 e. The highest BCUT2D eigenvalue weighted by Gasteiger charge is 2.37. The van der Waals surface area contributed by atoms with Gasteiger partial charge in [-0.1, -0.05) is 0 Å². The second-order valence-corrected chi connectivity index (χ2v) is 6.24. The van der Waals surface area contributed by atoms with Gasteiger partial charge >= 0.3 is 11.9 Å². The number of H-pyrrole nitrogens is 1. The summed E-state index contributed by atoms with van der Waals surface area (Å²) >= 11 is 0. The third-order valence-corrected chi connectivity index (χ3v) is 4.62. The van der Waals surface area contributed by atoms with Crippen molar-refractivity contribution in [1.82, 2.24) is 19.7 Å². The molecule has 1 aliphatic carbocycles. The van der Waals surface area contributed by atoms with Gasteiger partial charge < -0.3 is 10.4 Å². The Hall–Kier alpha value is -2.36. The summed E-state index contributed by atoms with van der Waals surface area (Å²) in [6.45, 7) is 0.184. The van der Waals surface area contributed by atoms with E-state index in [-0.39, 0.29) is 29.8 Å². The van der Waals surface area contributed by atoms with Crippen molar-refractivity contribution in [1.29, 1.82) is 0 Å². The van der Waals surface area contributed by atoms with Crippen LogP contribution in [0.5, 0.6) is 0 Å². The van der Waals surface area contributed by atoms with Crippen molar-refractivity contribution in [2.45, 2.75) is 31.0 Å². The molecule has 0 spiro atoms. The number of aliphatic hydroxyl groups excluding tert-OH is 1. The number of nitrogens with one attached hydrogen (secondary N) is 2. The third kappa shape index (κ3) is 3.53. The number of anilines is 1. The lowest BCUT2D eigenvalue weighted by Crippen LogP contribution is -2.23. The van der Waals surface area contributed by atoms with Crippen LogP contribution >= 0.6 is 0 Å². The summed E-state index contributed by atoms with van der Waals surface area (Å²) < 4.78 is 40.3. The summed E-state index contributed by atoms with van der Waals surface area (Å²) in [5.41, 5.74) is -1.24. The normalized spacial score (nSPS) is 23.8. The Labute approximate surface area is 140 Å². The fraction of sp³-hybridized carbons (Fsp3) is 0.533. The van der Waals surface area contributed by atoms with E-state index in [2.05, 4.69) is 20.5 Å². The fourth-order valence-electron chi connectivity index (χ4n) is 3.27. The molecule has 0 radical (unpaired) electrons. The first-order valence-electron chi connectivity index (χ1n) is 7.81. The second kappa shape index (κ2) is 6.51. The molecular weight excluding hydrogens is 339 g/mol. The number of hydrogen-bond donors (Lipinski definition) is 3. The van der Waals surface area contributed by atoms with E-state index in [1.54, 1.807) is 7.05 Å². The van der Waals surface area contributed by atoms with Gasteiger partial charge in [0, 0.05) is 43.5 Å². The van der Waals surface area contributed by atoms with Gasteiger partial charge in [-0.25, -0.2) is 9.89 Å². The van der Waals surface area contributed by atoms with Crippen LogP contribution in [0.25, 0.3) is 0 Å². The number of rotatable bonds is 4. The van der Waals surface area contributed by atoms with E-state index < -0.39 is 17.8 Å². The molecule has 0 bridgehead atoms. The zero-order valence-corrected chi connectivity index (χ0v) is 13.4. The second-order valence-electron chi connectivity index (χ2n) is 6.24. The number of nitrogens with zero attached hydrogens (tertiary/aromatic N) is 3. The Kier molecular flexibility index (Phi) is 4.55. The van der Waals surface area contributed by atoms with Crippen molar-refractivity contribution in [3.8, 4) is 0 Å². The molecule has 10 heteroatoms. The maximum absolute atomic E-state index is 13.0. The molecule has 1 aliphatic rings. The summed E-state index contributed by atoms with van der Waals surface area (Å²) in [5.74, 6) is 0.183. The molecule has 3 rings (SSSR count). The van der Waals surface area contributed by atoms with Gasteiger partial charge in [0.25, 0.3) is 0 Å². The number of alkyl halides is 3. The van der Waals surface area contributed by atoms with Gasteiger partial charge in [-0.15, -0.1) is 0 Å². The van der Waals surface area contributed by atoms with Crippen LogP contribution in [0.3, 0.4) is 0 Å². The van der Waals surface area contributed by atoms with Crippen LogP contribution in [0, 0.1) is 5.92 Å². The van der Waals surface area contributed by atoms with Gasteiger partial charge in [0.05, 0.1) is 11.7 Å². The van der Waals surface area contributed by atoms with Crippen molar-refractivity contribution in [3.63, 3.8) is 0 Å². The number of halogens is 3. The molecule has 0 saturated heterocycles. The fourth-order valence-corrected chi connectivity index (χ4v) is 3.27. The summed E-state index contributed by atoms with van der Waals surface area (Å²) in [4.78, 5) is 15.0. The van der Waals surface area contributed by atoms with Crippen LogP contribution in [0.4, 0.5) is 18.9 Å². The molecule has 136 valence electrons. The molecule has 0 unspecified atom stereocenters. The monoisotopic (exact) mass is 357 g/mol. The van der Waals surface area contributed by atoms with Crippen LogP contribution in [0.2, 0.25) is 0 Å². The molecule has 3 N–H and O–H groups in total. The van der Waals surface area contributed by atoms with Crippen LogP contribution in [0.1, 0.15) is 30.1 Å². The van der Waals surface area contributed by atoms with E-state index in [1.165, 1.54) is 16.8 Å². The van der Waals surface area contributed by atoms with E-state index in [0.29, 0.717) is 18.7 Å². The Balaban J connectivity index is 1.69. The highest BCUT2D eigenvalue weighted by atomic mass is 19.4. The zero-order valence-electron chi connectivity index (χ0n) is 13.4. The van der Waals surface area contributed by atoms with Gasteiger partial charge in [0.2, 0.25) is 0 Å². The molecular formula is C15H18F3N5O2. The minimum Gasteiger partial charge on any atom is -0.393 e. The Morgan fingerprint density at radius 3 is 2.84 bits per heavy atom. The lowest BCUT2D eigenvalue weighted by molar-refractivity contribution is -0.137. The average Bonchev–Trinajstić information content (AvgIpc) is 3.08. The molecule has 0 amide bonds. The number of aliphatic hydroxyl groups is 1. The predicted molar refractivity (Wildman–Crippen MR) is 83.0 cm³/mol. The smallest absolute Gasteiger partial charge is 0.393 e.